The highest BCUT2D eigenvalue weighted by Crippen LogP contribution is 2.23. The number of nitrogens with one attached hydrogen (secondary N) is 3. The Morgan fingerprint density at radius 2 is 1.17 bits per heavy atom. The molecule has 0 aliphatic carbocycles. The van der Waals surface area contributed by atoms with Gasteiger partial charge in [-0.15, -0.1) is 0 Å². The Bertz CT molecular complexity index is 2720. The van der Waals surface area contributed by atoms with E-state index in [2.05, 4.69) is 25.9 Å². The summed E-state index contributed by atoms with van der Waals surface area (Å²) in [7, 11) is 0. The van der Waals surface area contributed by atoms with Crippen LogP contribution in [0.25, 0.3) is 0 Å². The normalized spacial score (nSPS) is 15.8. The maximum absolute atomic E-state index is 14.8. The number of hydrogen-bond donors (Lipinski definition) is 10. The van der Waals surface area contributed by atoms with Gasteiger partial charge in [-0.05, 0) is 119 Å². The summed E-state index contributed by atoms with van der Waals surface area (Å²) in [4.78, 5) is 174. The largest absolute Gasteiger partial charge is 0.399 e. The van der Waals surface area contributed by atoms with Gasteiger partial charge in [-0.25, -0.2) is 20.2 Å². The second-order valence-corrected chi connectivity index (χ2v) is 19.4. The summed E-state index contributed by atoms with van der Waals surface area (Å²) in [5, 5.41) is 30.0. The molecule has 17 N–H and O–H groups in total. The number of guanidine groups is 2. The van der Waals surface area contributed by atoms with E-state index in [9.17, 15) is 68.2 Å². The van der Waals surface area contributed by atoms with Gasteiger partial charge in [-0.3, -0.25) is 62.8 Å². The topological polar surface area (TPSA) is 513 Å². The number of likely N-dealkylation sites (tertiary alicyclic amines) is 1. The van der Waals surface area contributed by atoms with Crippen LogP contribution in [0, 0.1) is 20.2 Å². The molecule has 32 heteroatoms. The number of carbonyl (C=O) groups is 10. The van der Waals surface area contributed by atoms with Gasteiger partial charge in [0.15, 0.2) is 39.9 Å². The number of nitro groups is 2. The number of unbranched alkanes of at least 4 members (excludes halogenated alkanes) is 1. The summed E-state index contributed by atoms with van der Waals surface area (Å²) in [5.74, 6) is -14.7. The maximum Gasteiger partial charge on any atom is 0.306 e. The van der Waals surface area contributed by atoms with Gasteiger partial charge in [0.05, 0.1) is 12.1 Å². The summed E-state index contributed by atoms with van der Waals surface area (Å²) < 4.78 is 0. The van der Waals surface area contributed by atoms with Crippen molar-refractivity contribution in [3.8, 4) is 0 Å². The number of primary amides is 1. The van der Waals surface area contributed by atoms with E-state index in [0.717, 1.165) is 45.1 Å². The maximum atomic E-state index is 14.8. The van der Waals surface area contributed by atoms with E-state index < -0.39 is 142 Å². The zero-order valence-electron chi connectivity index (χ0n) is 46.2. The summed E-state index contributed by atoms with van der Waals surface area (Å²) >= 11 is 0. The number of hydrazine groups is 2. The molecule has 2 aromatic carbocycles. The van der Waals surface area contributed by atoms with E-state index in [0.29, 0.717) is 19.3 Å². The van der Waals surface area contributed by atoms with Crippen molar-refractivity contribution in [3.05, 3.63) is 86.0 Å². The molecule has 1 aliphatic heterocycles. The number of anilines is 1. The van der Waals surface area contributed by atoms with E-state index in [-0.39, 0.29) is 77.4 Å². The highest BCUT2D eigenvalue weighted by atomic mass is 16.7. The van der Waals surface area contributed by atoms with E-state index >= 15 is 0 Å². The molecule has 1 fully saturated rings. The molecule has 0 spiro atoms. The number of carbonyl (C=O) groups excluding carboxylic acids is 10. The standard InChI is InChI=1S/C50H74N18O14/c1-27(40(70)39(41(53)71)33-19-21-34(51)22-20-33)61-42(72)37(17-12-25-59-50(56)57)66(68(81)82)47(77)31(5)64(46(76)30(4)63-26-23-35(52)48(63)78)44(74)28(2)62-43(73)36(16-11-24-58-49(54)55)65(67(79)80)45(75)29(3)60-38(69)18-10-9-15-32-13-7-6-8-14-32/h6-8,13-14,19-22,27-31,35-37,39H,9-12,15-18,23-26,51-52H2,1-5H3,(H2,53,71)(H,60,69)(H,61,72)(H,62,73)(H4,54,55,58)(H4,56,57,59)/t27-,28-,29-,30-,31-,35+,36-,37-,39?/m0/s1. The molecular formula is C50H74N18O14. The fourth-order valence-electron chi connectivity index (χ4n) is 8.85. The lowest BCUT2D eigenvalue weighted by Crippen LogP contribution is -2.64. The molecule has 0 saturated carbocycles. The monoisotopic (exact) mass is 1150 g/mol. The number of aryl methyl sites for hydroxylation is 1. The van der Waals surface area contributed by atoms with Gasteiger partial charge in [0.1, 0.15) is 30.1 Å². The molecule has 3 rings (SSSR count). The van der Waals surface area contributed by atoms with Gasteiger partial charge in [0.2, 0.25) is 29.5 Å². The zero-order valence-corrected chi connectivity index (χ0v) is 46.2. The van der Waals surface area contributed by atoms with Crippen molar-refractivity contribution in [2.75, 3.05) is 25.4 Å². The summed E-state index contributed by atoms with van der Waals surface area (Å²) in [6.07, 6.45) is -0.00456. The Morgan fingerprint density at radius 1 is 0.671 bits per heavy atom. The summed E-state index contributed by atoms with van der Waals surface area (Å²) in [6.45, 7) is 4.66. The van der Waals surface area contributed by atoms with Crippen molar-refractivity contribution in [1.82, 2.24) is 35.8 Å². The van der Waals surface area contributed by atoms with Crippen molar-refractivity contribution >= 4 is 76.6 Å². The number of amides is 9. The molecule has 82 heavy (non-hydrogen) atoms. The van der Waals surface area contributed by atoms with E-state index in [1.807, 2.05) is 30.3 Å². The molecule has 1 saturated heterocycles. The molecule has 0 bridgehead atoms. The fraction of sp³-hybridized carbons (Fsp3) is 0.520. The molecule has 0 radical (unpaired) electrons. The SMILES string of the molecule is C[C@H](NC(=O)[C@H](CCCN=C(N)N)N(C(=O)[C@H](C)N(C(=O)[C@H](C)NC(=O)[C@H](CCCN=C(N)N)N(C(=O)[C@H](C)NC(=O)CCCCc1ccccc1)[N+](=O)[O-])C(=O)[C@H](C)N1CC[C@@H](N)C1=O)[N+](=O)[O-])C(=O)C(C(N)=O)c1ccc(N)cc1. The predicted molar refractivity (Wildman–Crippen MR) is 295 cm³/mol. The second-order valence-electron chi connectivity index (χ2n) is 19.4. The van der Waals surface area contributed by atoms with Crippen LogP contribution in [-0.4, -0.2) is 169 Å². The zero-order chi connectivity index (χ0) is 61.7. The number of imide groups is 1. The Hall–Kier alpha value is -9.36. The van der Waals surface area contributed by atoms with Crippen molar-refractivity contribution in [2.45, 2.75) is 147 Å². The highest BCUT2D eigenvalue weighted by molar-refractivity contribution is 6.10. The first-order chi connectivity index (χ1) is 38.5. The molecular weight excluding hydrogens is 1080 g/mol. The van der Waals surface area contributed by atoms with Crippen molar-refractivity contribution in [1.29, 1.82) is 0 Å². The molecule has 1 heterocycles. The van der Waals surface area contributed by atoms with Crippen LogP contribution in [0.4, 0.5) is 5.69 Å². The van der Waals surface area contributed by atoms with Crippen LogP contribution in [0.5, 0.6) is 0 Å². The average molecular weight is 1150 g/mol. The van der Waals surface area contributed by atoms with Crippen molar-refractivity contribution < 1.29 is 58.0 Å². The average Bonchev–Trinajstić information content (AvgIpc) is 3.86. The Kier molecular flexibility index (Phi) is 25.7. The van der Waals surface area contributed by atoms with Crippen molar-refractivity contribution in [2.24, 2.45) is 44.4 Å². The van der Waals surface area contributed by atoms with Crippen LogP contribution < -0.4 is 56.1 Å². The van der Waals surface area contributed by atoms with Crippen LogP contribution in [0.1, 0.15) is 103 Å². The Labute approximate surface area is 471 Å². The number of hydrogen-bond acceptors (Lipinski definition) is 18. The number of rotatable bonds is 32. The van der Waals surface area contributed by atoms with Gasteiger partial charge < -0.3 is 61.0 Å². The van der Waals surface area contributed by atoms with Crippen LogP contribution in [-0.2, 0) is 54.4 Å². The molecule has 9 atom stereocenters. The lowest BCUT2D eigenvalue weighted by Gasteiger charge is -2.35. The minimum atomic E-state index is -2.30. The highest BCUT2D eigenvalue weighted by Gasteiger charge is 2.49. The summed E-state index contributed by atoms with van der Waals surface area (Å²) in [6, 6.07) is 0.333. The third kappa shape index (κ3) is 18.9. The molecule has 32 nitrogen and oxygen atoms in total. The molecule has 448 valence electrons. The van der Waals surface area contributed by atoms with Gasteiger partial charge in [0, 0.05) is 31.7 Å². The lowest BCUT2D eigenvalue weighted by molar-refractivity contribution is -0.640. The fourth-order valence-corrected chi connectivity index (χ4v) is 8.85. The minimum absolute atomic E-state index is 0.0471. The van der Waals surface area contributed by atoms with Crippen LogP contribution in [0.3, 0.4) is 0 Å². The number of aliphatic imine (C=N–C) groups is 2. The van der Waals surface area contributed by atoms with Crippen LogP contribution in [0.2, 0.25) is 0 Å². The molecule has 1 aliphatic rings. The number of nitrogen functional groups attached to an aromatic ring is 1. The Balaban J connectivity index is 2.06. The first kappa shape index (κ1) is 66.9. The quantitative estimate of drug-likeness (QED) is 0.00660. The van der Waals surface area contributed by atoms with E-state index in [4.69, 9.17) is 40.1 Å². The third-order valence-corrected chi connectivity index (χ3v) is 13.2. The summed E-state index contributed by atoms with van der Waals surface area (Å²) in [5.41, 5.74) is 40.4. The van der Waals surface area contributed by atoms with Crippen molar-refractivity contribution in [3.63, 3.8) is 0 Å². The second kappa shape index (κ2) is 31.4. The predicted octanol–water partition coefficient (Wildman–Crippen LogP) is -3.09. The third-order valence-electron chi connectivity index (χ3n) is 13.2. The molecule has 9 amide bonds. The number of ketones is 1. The molecule has 1 unspecified atom stereocenters. The first-order valence-electron chi connectivity index (χ1n) is 26.1. The van der Waals surface area contributed by atoms with Crippen LogP contribution >= 0.6 is 0 Å². The van der Waals surface area contributed by atoms with Gasteiger partial charge >= 0.3 is 11.8 Å². The number of benzene rings is 2. The number of Topliss-reactive ketones (excluding diaryl/α,β-unsaturated/α-hetero) is 1. The number of nitrogens with zero attached hydrogens (tertiary/aromatic N) is 8. The smallest absolute Gasteiger partial charge is 0.306 e. The van der Waals surface area contributed by atoms with E-state index in [1.165, 1.54) is 24.3 Å². The van der Waals surface area contributed by atoms with E-state index in [1.54, 1.807) is 0 Å². The van der Waals surface area contributed by atoms with Gasteiger partial charge in [0.25, 0.3) is 11.8 Å². The molecule has 2 aromatic rings. The van der Waals surface area contributed by atoms with Gasteiger partial charge in [-0.2, -0.15) is 0 Å². The number of nitrogens with two attached hydrogens (primary N) is 7. The van der Waals surface area contributed by atoms with Crippen LogP contribution in [0.15, 0.2) is 64.6 Å². The lowest BCUT2D eigenvalue weighted by atomic mass is 9.90. The molecule has 0 aromatic heterocycles. The first-order valence-corrected chi connectivity index (χ1v) is 26.1. The minimum Gasteiger partial charge on any atom is -0.399 e. The van der Waals surface area contributed by atoms with Gasteiger partial charge in [-0.1, -0.05) is 42.5 Å². The Morgan fingerprint density at radius 3 is 1.65 bits per heavy atom.